The Morgan fingerprint density at radius 1 is 0.538 bits per heavy atom. The molecule has 0 rings (SSSR count). The molecule has 4 heteroatoms. The maximum absolute atomic E-state index is 6.36. The summed E-state index contributed by atoms with van der Waals surface area (Å²) in [5, 5.41) is 0. The van der Waals surface area contributed by atoms with Crippen LogP contribution in [-0.4, -0.2) is 28.6 Å². The average molecular weight is 388 g/mol. The van der Waals surface area contributed by atoms with Gasteiger partial charge in [0.2, 0.25) is 0 Å². The summed E-state index contributed by atoms with van der Waals surface area (Å²) in [4.78, 5) is 0. The Morgan fingerprint density at radius 2 is 0.923 bits per heavy atom. The summed E-state index contributed by atoms with van der Waals surface area (Å²) in [5.74, 6) is 0. The lowest BCUT2D eigenvalue weighted by molar-refractivity contribution is 0.0549. The van der Waals surface area contributed by atoms with Crippen molar-refractivity contribution in [3.8, 4) is 0 Å². The van der Waals surface area contributed by atoms with Crippen molar-refractivity contribution < 1.29 is 13.3 Å². The summed E-state index contributed by atoms with van der Waals surface area (Å²) in [6, 6.07) is 0.922. The highest BCUT2D eigenvalue weighted by molar-refractivity contribution is 6.60. The van der Waals surface area contributed by atoms with Crippen molar-refractivity contribution in [3.63, 3.8) is 0 Å². The summed E-state index contributed by atoms with van der Waals surface area (Å²) < 4.78 is 19.1. The molecular formula is C22H47O3Si. The average Bonchev–Trinajstić information content (AvgIpc) is 2.65. The summed E-state index contributed by atoms with van der Waals surface area (Å²) >= 11 is 0. The van der Waals surface area contributed by atoms with Gasteiger partial charge >= 0.3 is 8.80 Å². The first kappa shape index (κ1) is 26.1. The molecule has 0 aromatic rings. The summed E-state index contributed by atoms with van der Waals surface area (Å²) in [7, 11) is -2.54. The van der Waals surface area contributed by atoms with E-state index in [1.807, 2.05) is 0 Å². The maximum atomic E-state index is 6.36. The molecule has 3 nitrogen and oxygen atoms in total. The Kier molecular flexibility index (Phi) is 19.9. The molecule has 157 valence electrons. The number of unbranched alkanes of at least 4 members (excludes halogenated alkanes) is 10. The van der Waals surface area contributed by atoms with Gasteiger partial charge in [0.15, 0.2) is 0 Å². The quantitative estimate of drug-likeness (QED) is 0.152. The predicted molar refractivity (Wildman–Crippen MR) is 115 cm³/mol. The van der Waals surface area contributed by atoms with Gasteiger partial charge in [-0.3, -0.25) is 0 Å². The second-order valence-corrected chi connectivity index (χ2v) is 10.1. The van der Waals surface area contributed by atoms with E-state index in [1.165, 1.54) is 57.8 Å². The van der Waals surface area contributed by atoms with Crippen LogP contribution in [0.25, 0.3) is 0 Å². The first-order valence-electron chi connectivity index (χ1n) is 11.5. The first-order valence-corrected chi connectivity index (χ1v) is 13.4. The molecule has 0 aliphatic rings. The van der Waals surface area contributed by atoms with Crippen LogP contribution in [0.1, 0.15) is 111 Å². The van der Waals surface area contributed by atoms with Gasteiger partial charge in [-0.25, -0.2) is 0 Å². The van der Waals surface area contributed by atoms with Gasteiger partial charge in [-0.05, 0) is 25.7 Å². The van der Waals surface area contributed by atoms with Crippen LogP contribution in [0.5, 0.6) is 0 Å². The molecule has 0 aromatic heterocycles. The van der Waals surface area contributed by atoms with E-state index < -0.39 is 8.80 Å². The highest BCUT2D eigenvalue weighted by Gasteiger charge is 2.40. The Bertz CT molecular complexity index is 238. The lowest BCUT2D eigenvalue weighted by Crippen LogP contribution is -2.46. The zero-order chi connectivity index (χ0) is 19.3. The Balaban J connectivity index is 4.52. The Hall–Kier alpha value is 0.0969. The van der Waals surface area contributed by atoms with E-state index >= 15 is 0 Å². The summed E-state index contributed by atoms with van der Waals surface area (Å²) in [5.41, 5.74) is 0. The third-order valence-electron chi connectivity index (χ3n) is 4.69. The van der Waals surface area contributed by atoms with E-state index in [2.05, 4.69) is 27.7 Å². The molecule has 0 spiro atoms. The third kappa shape index (κ3) is 15.2. The van der Waals surface area contributed by atoms with Gasteiger partial charge in [0.25, 0.3) is 0 Å². The Labute approximate surface area is 165 Å². The molecule has 1 radical (unpaired) electrons. The molecule has 0 heterocycles. The van der Waals surface area contributed by atoms with Gasteiger partial charge < -0.3 is 13.3 Å². The molecular weight excluding hydrogens is 340 g/mol. The van der Waals surface area contributed by atoms with Crippen molar-refractivity contribution >= 4 is 8.80 Å². The molecule has 0 aromatic carbocycles. The number of rotatable bonds is 21. The van der Waals surface area contributed by atoms with Crippen molar-refractivity contribution in [1.29, 1.82) is 0 Å². The zero-order valence-corrected chi connectivity index (χ0v) is 19.2. The minimum absolute atomic E-state index is 0.785. The molecule has 0 saturated heterocycles. The topological polar surface area (TPSA) is 27.7 Å². The van der Waals surface area contributed by atoms with E-state index in [-0.39, 0.29) is 0 Å². The maximum Gasteiger partial charge on any atom is 0.500 e. The van der Waals surface area contributed by atoms with Crippen LogP contribution in [0.2, 0.25) is 6.04 Å². The fourth-order valence-corrected chi connectivity index (χ4v) is 5.68. The van der Waals surface area contributed by atoms with Crippen molar-refractivity contribution in [2.75, 3.05) is 19.8 Å². The highest BCUT2D eigenvalue weighted by Crippen LogP contribution is 2.21. The van der Waals surface area contributed by atoms with Crippen molar-refractivity contribution in [1.82, 2.24) is 0 Å². The molecule has 26 heavy (non-hydrogen) atoms. The van der Waals surface area contributed by atoms with E-state index in [4.69, 9.17) is 13.3 Å². The molecule has 0 amide bonds. The molecule has 0 fully saturated rings. The molecule has 0 saturated carbocycles. The van der Waals surface area contributed by atoms with Crippen LogP contribution in [0.15, 0.2) is 0 Å². The van der Waals surface area contributed by atoms with Crippen LogP contribution < -0.4 is 0 Å². The standard InChI is InChI=1S/C22H47O3Si/c1-5-9-13-16-19-23-26(22-12-8-4,24-20-17-14-10-6-2)25-21-18-15-11-7-3/h4-22H2,1-3H3. The van der Waals surface area contributed by atoms with Gasteiger partial charge in [0.1, 0.15) is 0 Å². The van der Waals surface area contributed by atoms with Gasteiger partial charge in [-0.2, -0.15) is 0 Å². The van der Waals surface area contributed by atoms with Crippen LogP contribution in [0, 0.1) is 6.92 Å². The van der Waals surface area contributed by atoms with E-state index in [9.17, 15) is 0 Å². The molecule has 0 N–H and O–H groups in total. The summed E-state index contributed by atoms with van der Waals surface area (Å²) in [6.45, 7) is 13.1. The lowest BCUT2D eigenvalue weighted by atomic mass is 10.2. The minimum Gasteiger partial charge on any atom is -0.373 e. The molecule has 0 atom stereocenters. The van der Waals surface area contributed by atoms with Crippen molar-refractivity contribution in [2.24, 2.45) is 0 Å². The number of hydrogen-bond acceptors (Lipinski definition) is 3. The lowest BCUT2D eigenvalue weighted by Gasteiger charge is -2.30. The van der Waals surface area contributed by atoms with Crippen LogP contribution >= 0.6 is 0 Å². The van der Waals surface area contributed by atoms with Crippen molar-refractivity contribution in [2.45, 2.75) is 117 Å². The Morgan fingerprint density at radius 3 is 1.23 bits per heavy atom. The van der Waals surface area contributed by atoms with Crippen LogP contribution in [-0.2, 0) is 13.3 Å². The number of hydrogen-bond donors (Lipinski definition) is 0. The molecule has 0 bridgehead atoms. The predicted octanol–water partition coefficient (Wildman–Crippen LogP) is 7.33. The van der Waals surface area contributed by atoms with Crippen LogP contribution in [0.3, 0.4) is 0 Å². The van der Waals surface area contributed by atoms with E-state index in [0.29, 0.717) is 0 Å². The minimum atomic E-state index is -2.54. The first-order chi connectivity index (χ1) is 12.7. The molecule has 0 unspecified atom stereocenters. The normalized spacial score (nSPS) is 12.0. The van der Waals surface area contributed by atoms with Gasteiger partial charge in [0.05, 0.1) is 0 Å². The monoisotopic (exact) mass is 387 g/mol. The third-order valence-corrected chi connectivity index (χ3v) is 7.59. The SMILES string of the molecule is [CH2]CCC[Si](OCCCCCC)(OCCCCCC)OCCCCCC. The van der Waals surface area contributed by atoms with Gasteiger partial charge in [-0.1, -0.05) is 91.9 Å². The van der Waals surface area contributed by atoms with Crippen molar-refractivity contribution in [3.05, 3.63) is 6.92 Å². The van der Waals surface area contributed by atoms with E-state index in [0.717, 1.165) is 58.0 Å². The second-order valence-electron chi connectivity index (χ2n) is 7.37. The zero-order valence-electron chi connectivity index (χ0n) is 18.2. The summed E-state index contributed by atoms with van der Waals surface area (Å²) in [6.07, 6.45) is 16.6. The second kappa shape index (κ2) is 19.8. The van der Waals surface area contributed by atoms with Gasteiger partial charge in [-0.15, -0.1) is 0 Å². The van der Waals surface area contributed by atoms with E-state index in [1.54, 1.807) is 0 Å². The van der Waals surface area contributed by atoms with Crippen LogP contribution in [0.4, 0.5) is 0 Å². The fraction of sp³-hybridized carbons (Fsp3) is 0.955. The molecule has 0 aliphatic carbocycles. The smallest absolute Gasteiger partial charge is 0.373 e. The molecule has 0 aliphatic heterocycles. The largest absolute Gasteiger partial charge is 0.500 e. The van der Waals surface area contributed by atoms with Gasteiger partial charge in [0, 0.05) is 25.9 Å². The fourth-order valence-electron chi connectivity index (χ4n) is 2.95. The highest BCUT2D eigenvalue weighted by atomic mass is 28.4.